The normalized spacial score (nSPS) is 16.2. The molecule has 0 unspecified atom stereocenters. The molecule has 0 atom stereocenters. The molecule has 1 saturated heterocycles. The van der Waals surface area contributed by atoms with Crippen molar-refractivity contribution in [3.8, 4) is 0 Å². The van der Waals surface area contributed by atoms with Gasteiger partial charge in [0, 0.05) is 38.8 Å². The summed E-state index contributed by atoms with van der Waals surface area (Å²) in [6.07, 6.45) is 6.12. The first-order chi connectivity index (χ1) is 12.7. The molecule has 0 saturated carbocycles. The van der Waals surface area contributed by atoms with E-state index < -0.39 is 0 Å². The second kappa shape index (κ2) is 9.16. The van der Waals surface area contributed by atoms with E-state index in [4.69, 9.17) is 0 Å². The summed E-state index contributed by atoms with van der Waals surface area (Å²) in [5.41, 5.74) is 3.34. The van der Waals surface area contributed by atoms with E-state index in [1.807, 2.05) is 48.2 Å². The highest BCUT2D eigenvalue weighted by Gasteiger charge is 2.19. The molecule has 3 rings (SSSR count). The van der Waals surface area contributed by atoms with Gasteiger partial charge in [0.1, 0.15) is 0 Å². The van der Waals surface area contributed by atoms with Gasteiger partial charge in [0.2, 0.25) is 5.91 Å². The fourth-order valence-corrected chi connectivity index (χ4v) is 3.11. The lowest BCUT2D eigenvalue weighted by Gasteiger charge is -2.33. The Morgan fingerprint density at radius 2 is 1.54 bits per heavy atom. The van der Waals surface area contributed by atoms with Gasteiger partial charge in [-0.25, -0.2) is 0 Å². The van der Waals surface area contributed by atoms with E-state index in [0.717, 1.165) is 43.9 Å². The van der Waals surface area contributed by atoms with E-state index in [-0.39, 0.29) is 5.91 Å². The van der Waals surface area contributed by atoms with Gasteiger partial charge in [0.05, 0.1) is 0 Å². The number of nitrogens with zero attached hydrogens (tertiary/aromatic N) is 2. The van der Waals surface area contributed by atoms with E-state index in [9.17, 15) is 4.79 Å². The first kappa shape index (κ1) is 18.2. The first-order valence-electron chi connectivity index (χ1n) is 9.19. The predicted molar refractivity (Wildman–Crippen MR) is 109 cm³/mol. The van der Waals surface area contributed by atoms with E-state index >= 15 is 0 Å². The Hall–Kier alpha value is -2.65. The van der Waals surface area contributed by atoms with E-state index in [0.29, 0.717) is 0 Å². The highest BCUT2D eigenvalue weighted by atomic mass is 16.2. The summed E-state index contributed by atoms with van der Waals surface area (Å²) in [5.74, 6) is 0.117. The Kier molecular flexibility index (Phi) is 6.39. The molecule has 0 N–H and O–H groups in total. The molecule has 26 heavy (non-hydrogen) atoms. The van der Waals surface area contributed by atoms with Gasteiger partial charge in [-0.05, 0) is 23.6 Å². The van der Waals surface area contributed by atoms with Crippen molar-refractivity contribution < 1.29 is 4.79 Å². The van der Waals surface area contributed by atoms with Crippen molar-refractivity contribution in [2.75, 3.05) is 32.7 Å². The third-order valence-electron chi connectivity index (χ3n) is 4.73. The summed E-state index contributed by atoms with van der Waals surface area (Å²) < 4.78 is 0. The zero-order chi connectivity index (χ0) is 18.2. The lowest BCUT2D eigenvalue weighted by molar-refractivity contribution is -0.127. The lowest BCUT2D eigenvalue weighted by atomic mass is 10.1. The van der Waals surface area contributed by atoms with Gasteiger partial charge in [-0.2, -0.15) is 0 Å². The smallest absolute Gasteiger partial charge is 0.246 e. The van der Waals surface area contributed by atoms with E-state index in [1.165, 1.54) is 5.56 Å². The van der Waals surface area contributed by atoms with Gasteiger partial charge in [0.25, 0.3) is 0 Å². The van der Waals surface area contributed by atoms with Crippen molar-refractivity contribution in [1.82, 2.24) is 9.80 Å². The number of allylic oxidation sites excluding steroid dienone is 1. The maximum Gasteiger partial charge on any atom is 0.246 e. The SMILES string of the molecule is C/C(=C\C(=O)N1CCN(C/C=C\c2ccccc2)CC1)c1ccccc1. The molecule has 2 aromatic carbocycles. The minimum atomic E-state index is 0.117. The Bertz CT molecular complexity index is 757. The summed E-state index contributed by atoms with van der Waals surface area (Å²) in [4.78, 5) is 16.8. The van der Waals surface area contributed by atoms with Gasteiger partial charge >= 0.3 is 0 Å². The van der Waals surface area contributed by atoms with Gasteiger partial charge < -0.3 is 4.90 Å². The first-order valence-corrected chi connectivity index (χ1v) is 9.19. The van der Waals surface area contributed by atoms with Gasteiger partial charge in [-0.3, -0.25) is 9.69 Å². The number of amides is 1. The van der Waals surface area contributed by atoms with Crippen LogP contribution in [-0.4, -0.2) is 48.4 Å². The van der Waals surface area contributed by atoms with Crippen LogP contribution >= 0.6 is 0 Å². The fraction of sp³-hybridized carbons (Fsp3) is 0.261. The molecular weight excluding hydrogens is 320 g/mol. The van der Waals surface area contributed by atoms with Gasteiger partial charge in [0.15, 0.2) is 0 Å². The summed E-state index contributed by atoms with van der Waals surface area (Å²) in [6, 6.07) is 20.4. The van der Waals surface area contributed by atoms with Crippen molar-refractivity contribution in [2.45, 2.75) is 6.92 Å². The summed E-state index contributed by atoms with van der Waals surface area (Å²) in [6.45, 7) is 6.34. The molecule has 0 spiro atoms. The third kappa shape index (κ3) is 5.17. The maximum atomic E-state index is 12.5. The van der Waals surface area contributed by atoms with Crippen LogP contribution in [0.5, 0.6) is 0 Å². The van der Waals surface area contributed by atoms with Crippen molar-refractivity contribution >= 4 is 17.6 Å². The Balaban J connectivity index is 1.47. The van der Waals surface area contributed by atoms with Crippen LogP contribution in [0.15, 0.2) is 72.8 Å². The molecule has 0 aliphatic carbocycles. The second-order valence-corrected chi connectivity index (χ2v) is 6.63. The fourth-order valence-electron chi connectivity index (χ4n) is 3.11. The van der Waals surface area contributed by atoms with Crippen LogP contribution in [0.2, 0.25) is 0 Å². The van der Waals surface area contributed by atoms with Crippen molar-refractivity contribution in [1.29, 1.82) is 0 Å². The molecule has 1 aliphatic heterocycles. The molecule has 0 bridgehead atoms. The van der Waals surface area contributed by atoms with Gasteiger partial charge in [-0.15, -0.1) is 0 Å². The molecule has 2 aromatic rings. The average Bonchev–Trinajstić information content (AvgIpc) is 2.70. The lowest BCUT2D eigenvalue weighted by Crippen LogP contribution is -2.48. The van der Waals surface area contributed by atoms with Crippen LogP contribution in [0.3, 0.4) is 0 Å². The molecule has 3 nitrogen and oxygen atoms in total. The van der Waals surface area contributed by atoms with Crippen molar-refractivity contribution in [3.05, 3.63) is 83.9 Å². The quantitative estimate of drug-likeness (QED) is 0.766. The monoisotopic (exact) mass is 346 g/mol. The Morgan fingerprint density at radius 3 is 2.19 bits per heavy atom. The number of piperazine rings is 1. The molecule has 134 valence electrons. The van der Waals surface area contributed by atoms with Crippen molar-refractivity contribution in [2.24, 2.45) is 0 Å². The Labute approximate surface area is 156 Å². The molecule has 1 heterocycles. The highest BCUT2D eigenvalue weighted by Crippen LogP contribution is 2.14. The number of hydrogen-bond acceptors (Lipinski definition) is 2. The van der Waals surface area contributed by atoms with Crippen LogP contribution < -0.4 is 0 Å². The second-order valence-electron chi connectivity index (χ2n) is 6.63. The largest absolute Gasteiger partial charge is 0.337 e. The number of carbonyl (C=O) groups is 1. The number of carbonyl (C=O) groups excluding carboxylic acids is 1. The standard InChI is InChI=1S/C23H26N2O/c1-20(22-12-6-3-7-13-22)19-23(26)25-17-15-24(16-18-25)14-8-11-21-9-4-2-5-10-21/h2-13,19H,14-18H2,1H3/b11-8-,20-19+. The zero-order valence-electron chi connectivity index (χ0n) is 15.3. The molecule has 0 aromatic heterocycles. The van der Waals surface area contributed by atoms with Crippen LogP contribution in [0.25, 0.3) is 11.6 Å². The van der Waals surface area contributed by atoms with Crippen molar-refractivity contribution in [3.63, 3.8) is 0 Å². The van der Waals surface area contributed by atoms with E-state index in [2.05, 4.69) is 41.3 Å². The van der Waals surface area contributed by atoms with E-state index in [1.54, 1.807) is 6.08 Å². The highest BCUT2D eigenvalue weighted by molar-refractivity contribution is 5.94. The third-order valence-corrected chi connectivity index (χ3v) is 4.73. The summed E-state index contributed by atoms with van der Waals surface area (Å²) >= 11 is 0. The predicted octanol–water partition coefficient (Wildman–Crippen LogP) is 3.95. The minimum Gasteiger partial charge on any atom is -0.337 e. The molecule has 3 heteroatoms. The molecule has 1 fully saturated rings. The van der Waals surface area contributed by atoms with Crippen LogP contribution in [0.4, 0.5) is 0 Å². The zero-order valence-corrected chi connectivity index (χ0v) is 15.3. The molecule has 1 amide bonds. The van der Waals surface area contributed by atoms with Crippen LogP contribution in [0, 0.1) is 0 Å². The number of hydrogen-bond donors (Lipinski definition) is 0. The maximum absolute atomic E-state index is 12.5. The average molecular weight is 346 g/mol. The number of benzene rings is 2. The Morgan fingerprint density at radius 1 is 0.923 bits per heavy atom. The summed E-state index contributed by atoms with van der Waals surface area (Å²) in [7, 11) is 0. The topological polar surface area (TPSA) is 23.6 Å². The molecular formula is C23H26N2O. The van der Waals surface area contributed by atoms with Gasteiger partial charge in [-0.1, -0.05) is 72.8 Å². The van der Waals surface area contributed by atoms with Crippen LogP contribution in [0.1, 0.15) is 18.1 Å². The molecule has 0 radical (unpaired) electrons. The minimum absolute atomic E-state index is 0.117. The molecule has 1 aliphatic rings. The van der Waals surface area contributed by atoms with Crippen LogP contribution in [-0.2, 0) is 4.79 Å². The summed E-state index contributed by atoms with van der Waals surface area (Å²) in [5, 5.41) is 0. The number of rotatable bonds is 5.